The number of hydrogen-bond acceptors (Lipinski definition) is 7. The monoisotopic (exact) mass is 358 g/mol. The van der Waals surface area contributed by atoms with E-state index in [-0.39, 0.29) is 5.91 Å². The van der Waals surface area contributed by atoms with E-state index in [9.17, 15) is 4.79 Å². The number of benzene rings is 1. The molecular weight excluding hydrogens is 348 g/mol. The second-order valence-corrected chi connectivity index (χ2v) is 7.71. The number of aromatic nitrogens is 3. The normalized spacial score (nSPS) is 11.2. The van der Waals surface area contributed by atoms with Crippen LogP contribution < -0.4 is 5.32 Å². The van der Waals surface area contributed by atoms with Crippen LogP contribution >= 0.6 is 34.4 Å². The summed E-state index contributed by atoms with van der Waals surface area (Å²) in [6, 6.07) is 7.37. The molecule has 1 N–H and O–H groups in total. The van der Waals surface area contributed by atoms with Gasteiger partial charge in [-0.05, 0) is 30.5 Å². The van der Waals surface area contributed by atoms with Crippen LogP contribution in [0.3, 0.4) is 0 Å². The van der Waals surface area contributed by atoms with Crippen molar-refractivity contribution >= 4 is 65.9 Å². The maximum atomic E-state index is 12.2. The molecule has 0 radical (unpaired) electrons. The van der Waals surface area contributed by atoms with E-state index in [1.54, 1.807) is 41.4 Å². The molecule has 4 rings (SSSR count). The lowest BCUT2D eigenvalue weighted by molar-refractivity contribution is 0.102. The van der Waals surface area contributed by atoms with Crippen LogP contribution in [-0.2, 0) is 0 Å². The molecule has 5 nitrogen and oxygen atoms in total. The van der Waals surface area contributed by atoms with E-state index in [4.69, 9.17) is 0 Å². The molecule has 8 heteroatoms. The van der Waals surface area contributed by atoms with Crippen LogP contribution in [0.2, 0.25) is 0 Å². The third kappa shape index (κ3) is 2.69. The largest absolute Gasteiger partial charge is 0.298 e. The number of amides is 1. The molecule has 4 aromatic rings. The van der Waals surface area contributed by atoms with E-state index in [0.717, 1.165) is 24.8 Å². The lowest BCUT2D eigenvalue weighted by Gasteiger charge is -1.99. The van der Waals surface area contributed by atoms with Crippen molar-refractivity contribution in [1.82, 2.24) is 15.0 Å². The average molecular weight is 358 g/mol. The van der Waals surface area contributed by atoms with Crippen LogP contribution in [0.15, 0.2) is 41.0 Å². The molecule has 0 unspecified atom stereocenters. The summed E-state index contributed by atoms with van der Waals surface area (Å²) in [7, 11) is 0. The number of nitrogens with one attached hydrogen (secondary N) is 1. The highest BCUT2D eigenvalue weighted by Gasteiger charge is 2.14. The topological polar surface area (TPSA) is 67.8 Å². The molecule has 0 aliphatic heterocycles. The molecule has 0 saturated heterocycles. The lowest BCUT2D eigenvalue weighted by atomic mass is 10.3. The summed E-state index contributed by atoms with van der Waals surface area (Å²) in [6.45, 7) is 0. The van der Waals surface area contributed by atoms with E-state index in [0.29, 0.717) is 10.7 Å². The molecule has 1 aromatic carbocycles. The van der Waals surface area contributed by atoms with Gasteiger partial charge in [-0.1, -0.05) is 23.1 Å². The summed E-state index contributed by atoms with van der Waals surface area (Å²) >= 11 is 4.76. The summed E-state index contributed by atoms with van der Waals surface area (Å²) in [5, 5.41) is 3.42. The van der Waals surface area contributed by atoms with Gasteiger partial charge < -0.3 is 0 Å². The number of nitrogens with zero attached hydrogens (tertiary/aromatic N) is 3. The number of fused-ring (bicyclic) bond motifs is 3. The van der Waals surface area contributed by atoms with Gasteiger partial charge in [-0.15, -0.1) is 11.3 Å². The van der Waals surface area contributed by atoms with Crippen molar-refractivity contribution < 1.29 is 4.79 Å². The van der Waals surface area contributed by atoms with Crippen molar-refractivity contribution in [3.63, 3.8) is 0 Å². The second-order valence-electron chi connectivity index (χ2n) is 4.66. The fraction of sp³-hybridized carbons (Fsp3) is 0.0667. The Kier molecular flexibility index (Phi) is 3.72. The molecule has 1 amide bonds. The number of anilines is 1. The Balaban J connectivity index is 1.72. The third-order valence-corrected chi connectivity index (χ3v) is 6.42. The first kappa shape index (κ1) is 14.6. The highest BCUT2D eigenvalue weighted by atomic mass is 32.2. The van der Waals surface area contributed by atoms with Gasteiger partial charge in [0.1, 0.15) is 0 Å². The van der Waals surface area contributed by atoms with Gasteiger partial charge in [0, 0.05) is 12.4 Å². The van der Waals surface area contributed by atoms with Crippen molar-refractivity contribution in [2.75, 3.05) is 11.6 Å². The van der Waals surface area contributed by atoms with E-state index >= 15 is 0 Å². The van der Waals surface area contributed by atoms with Crippen molar-refractivity contribution in [2.45, 2.75) is 4.34 Å². The highest BCUT2D eigenvalue weighted by molar-refractivity contribution is 8.00. The van der Waals surface area contributed by atoms with Crippen LogP contribution in [-0.4, -0.2) is 27.1 Å². The first-order valence-corrected chi connectivity index (χ1v) is 9.56. The van der Waals surface area contributed by atoms with Crippen molar-refractivity contribution in [2.24, 2.45) is 0 Å². The fourth-order valence-electron chi connectivity index (χ4n) is 2.16. The smallest absolute Gasteiger partial charge is 0.259 e. The minimum atomic E-state index is -0.206. The average Bonchev–Trinajstić information content (AvgIpc) is 3.18. The molecule has 0 saturated carbocycles. The molecule has 0 bridgehead atoms. The zero-order chi connectivity index (χ0) is 15.8. The van der Waals surface area contributed by atoms with E-state index < -0.39 is 0 Å². The SMILES string of the molecule is CSc1nc2ccc3nc(NC(=O)c4cccnc4)sc3c2s1. The van der Waals surface area contributed by atoms with E-state index in [1.807, 2.05) is 18.4 Å². The van der Waals surface area contributed by atoms with Crippen LogP contribution in [0.4, 0.5) is 5.13 Å². The number of pyridine rings is 1. The zero-order valence-corrected chi connectivity index (χ0v) is 14.4. The number of carbonyl (C=O) groups is 1. The molecule has 0 spiro atoms. The lowest BCUT2D eigenvalue weighted by Crippen LogP contribution is -2.11. The van der Waals surface area contributed by atoms with Gasteiger partial charge in [-0.3, -0.25) is 15.1 Å². The summed E-state index contributed by atoms with van der Waals surface area (Å²) < 4.78 is 3.20. The Morgan fingerprint density at radius 1 is 1.13 bits per heavy atom. The van der Waals surface area contributed by atoms with Gasteiger partial charge in [0.25, 0.3) is 5.91 Å². The zero-order valence-electron chi connectivity index (χ0n) is 11.9. The number of rotatable bonds is 3. The van der Waals surface area contributed by atoms with Gasteiger partial charge >= 0.3 is 0 Å². The maximum Gasteiger partial charge on any atom is 0.259 e. The minimum absolute atomic E-state index is 0.206. The number of thiazole rings is 2. The molecule has 0 fully saturated rings. The Bertz CT molecular complexity index is 1010. The molecule has 3 aromatic heterocycles. The number of carbonyl (C=O) groups excluding carboxylic acids is 1. The standard InChI is InChI=1S/C15H10N4OS3/c1-21-15-18-10-5-4-9-11(12(10)23-15)22-14(17-9)19-13(20)8-3-2-6-16-7-8/h2-7H,1H3,(H,17,19,20). The predicted octanol–water partition coefficient (Wildman–Crippen LogP) is 4.28. The Morgan fingerprint density at radius 2 is 1.91 bits per heavy atom. The fourth-order valence-corrected chi connectivity index (χ4v) is 4.81. The molecule has 114 valence electrons. The van der Waals surface area contributed by atoms with Crippen molar-refractivity contribution in [1.29, 1.82) is 0 Å². The Hall–Kier alpha value is -2.03. The first-order chi connectivity index (χ1) is 11.2. The minimum Gasteiger partial charge on any atom is -0.298 e. The first-order valence-electron chi connectivity index (χ1n) is 6.70. The number of hydrogen-bond donors (Lipinski definition) is 1. The van der Waals surface area contributed by atoms with Crippen molar-refractivity contribution in [3.8, 4) is 0 Å². The van der Waals surface area contributed by atoms with Gasteiger partial charge in [0.15, 0.2) is 9.47 Å². The van der Waals surface area contributed by atoms with Crippen LogP contribution in [0.1, 0.15) is 10.4 Å². The van der Waals surface area contributed by atoms with Crippen LogP contribution in [0, 0.1) is 0 Å². The van der Waals surface area contributed by atoms with Gasteiger partial charge in [-0.2, -0.15) is 0 Å². The Morgan fingerprint density at radius 3 is 2.65 bits per heavy atom. The van der Waals surface area contributed by atoms with Crippen LogP contribution in [0.25, 0.3) is 20.4 Å². The second kappa shape index (κ2) is 5.88. The predicted molar refractivity (Wildman–Crippen MR) is 96.8 cm³/mol. The van der Waals surface area contributed by atoms with E-state index in [2.05, 4.69) is 20.3 Å². The maximum absolute atomic E-state index is 12.2. The third-order valence-electron chi connectivity index (χ3n) is 3.21. The quantitative estimate of drug-likeness (QED) is 0.554. The molecule has 0 atom stereocenters. The Labute approximate surface area is 143 Å². The molecule has 3 heterocycles. The molecule has 0 aliphatic rings. The van der Waals surface area contributed by atoms with Gasteiger partial charge in [-0.25, -0.2) is 9.97 Å². The van der Waals surface area contributed by atoms with Crippen molar-refractivity contribution in [3.05, 3.63) is 42.2 Å². The number of thioether (sulfide) groups is 1. The highest BCUT2D eigenvalue weighted by Crippen LogP contribution is 2.38. The molecular formula is C15H10N4OS3. The summed E-state index contributed by atoms with van der Waals surface area (Å²) in [5.74, 6) is -0.206. The van der Waals surface area contributed by atoms with Crippen LogP contribution in [0.5, 0.6) is 0 Å². The summed E-state index contributed by atoms with van der Waals surface area (Å²) in [4.78, 5) is 25.2. The summed E-state index contributed by atoms with van der Waals surface area (Å²) in [5.41, 5.74) is 2.36. The molecule has 23 heavy (non-hydrogen) atoms. The van der Waals surface area contributed by atoms with Gasteiger partial charge in [0.2, 0.25) is 0 Å². The molecule has 0 aliphatic carbocycles. The summed E-state index contributed by atoms with van der Waals surface area (Å²) in [6.07, 6.45) is 5.19. The van der Waals surface area contributed by atoms with Gasteiger partial charge in [0.05, 0.1) is 26.0 Å². The van der Waals surface area contributed by atoms with E-state index in [1.165, 1.54) is 17.5 Å².